The van der Waals surface area contributed by atoms with Crippen molar-refractivity contribution in [3.05, 3.63) is 66.1 Å². The molecule has 5 rings (SSSR count). The molecule has 2 aromatic heterocycles. The maximum atomic E-state index is 12.5. The summed E-state index contributed by atoms with van der Waals surface area (Å²) in [5.41, 5.74) is 5.84. The zero-order valence-electron chi connectivity index (χ0n) is 19.8. The molecule has 176 valence electrons. The highest BCUT2D eigenvalue weighted by molar-refractivity contribution is 5.91. The van der Waals surface area contributed by atoms with Crippen molar-refractivity contribution in [2.45, 2.75) is 32.6 Å². The molecule has 0 saturated carbocycles. The standard InChI is InChI=1S/C26H30N6O2/c1-26(2,3)23-16-25(34-30-23)29-24(33)14-18-4-6-19(7-5-18)32-17-28-21-15-20(8-9-22(21)32)31-12-10-27-11-13-31/h4-9,15-17,27H,10-14H2,1-3H3,(H,29,33). The molecule has 8 nitrogen and oxygen atoms in total. The summed E-state index contributed by atoms with van der Waals surface area (Å²) in [5.74, 6) is 0.231. The molecule has 1 fully saturated rings. The van der Waals surface area contributed by atoms with E-state index in [4.69, 9.17) is 4.52 Å². The van der Waals surface area contributed by atoms with Crippen LogP contribution >= 0.6 is 0 Å². The highest BCUT2D eigenvalue weighted by atomic mass is 16.5. The van der Waals surface area contributed by atoms with E-state index in [1.165, 1.54) is 5.69 Å². The van der Waals surface area contributed by atoms with Gasteiger partial charge < -0.3 is 14.7 Å². The first-order chi connectivity index (χ1) is 16.4. The third kappa shape index (κ3) is 4.68. The summed E-state index contributed by atoms with van der Waals surface area (Å²) in [6.07, 6.45) is 2.11. The Morgan fingerprint density at radius 3 is 2.50 bits per heavy atom. The van der Waals surface area contributed by atoms with Gasteiger partial charge in [-0.25, -0.2) is 4.98 Å². The quantitative estimate of drug-likeness (QED) is 0.472. The van der Waals surface area contributed by atoms with E-state index in [-0.39, 0.29) is 17.7 Å². The fraction of sp³-hybridized carbons (Fsp3) is 0.346. The van der Waals surface area contributed by atoms with Crippen molar-refractivity contribution >= 4 is 28.5 Å². The molecule has 1 amide bonds. The normalized spacial score (nSPS) is 14.5. The van der Waals surface area contributed by atoms with Gasteiger partial charge in [0.2, 0.25) is 11.8 Å². The largest absolute Gasteiger partial charge is 0.369 e. The van der Waals surface area contributed by atoms with Gasteiger partial charge in [-0.2, -0.15) is 0 Å². The number of nitrogens with one attached hydrogen (secondary N) is 2. The molecule has 2 aromatic carbocycles. The topological polar surface area (TPSA) is 88.2 Å². The number of aromatic nitrogens is 3. The number of anilines is 2. The van der Waals surface area contributed by atoms with Crippen LogP contribution in [0.1, 0.15) is 32.0 Å². The zero-order valence-corrected chi connectivity index (χ0v) is 19.8. The van der Waals surface area contributed by atoms with Crippen LogP contribution < -0.4 is 15.5 Å². The summed E-state index contributed by atoms with van der Waals surface area (Å²) in [6.45, 7) is 10.2. The molecule has 1 saturated heterocycles. The van der Waals surface area contributed by atoms with Crippen LogP contribution in [0.25, 0.3) is 16.7 Å². The molecule has 2 N–H and O–H groups in total. The van der Waals surface area contributed by atoms with Crippen molar-refractivity contribution < 1.29 is 9.32 Å². The smallest absolute Gasteiger partial charge is 0.231 e. The van der Waals surface area contributed by atoms with E-state index in [1.807, 2.05) is 51.4 Å². The first-order valence-corrected chi connectivity index (χ1v) is 11.7. The second-order valence-corrected chi connectivity index (χ2v) is 9.74. The van der Waals surface area contributed by atoms with Crippen molar-refractivity contribution in [1.29, 1.82) is 0 Å². The van der Waals surface area contributed by atoms with E-state index in [9.17, 15) is 4.79 Å². The average Bonchev–Trinajstić information content (AvgIpc) is 3.47. The molecule has 0 radical (unpaired) electrons. The number of fused-ring (bicyclic) bond motifs is 1. The summed E-state index contributed by atoms with van der Waals surface area (Å²) in [6, 6.07) is 16.2. The lowest BCUT2D eigenvalue weighted by Crippen LogP contribution is -2.43. The van der Waals surface area contributed by atoms with Crippen molar-refractivity contribution in [2.24, 2.45) is 0 Å². The maximum Gasteiger partial charge on any atom is 0.231 e. The van der Waals surface area contributed by atoms with Gasteiger partial charge in [0.1, 0.15) is 6.33 Å². The van der Waals surface area contributed by atoms with Crippen LogP contribution in [0, 0.1) is 0 Å². The fourth-order valence-electron chi connectivity index (χ4n) is 4.16. The number of carbonyl (C=O) groups is 1. The minimum atomic E-state index is -0.141. The van der Waals surface area contributed by atoms with Gasteiger partial charge in [-0.1, -0.05) is 38.1 Å². The lowest BCUT2D eigenvalue weighted by molar-refractivity contribution is -0.115. The van der Waals surface area contributed by atoms with Gasteiger partial charge in [0.25, 0.3) is 0 Å². The number of hydrogen-bond donors (Lipinski definition) is 2. The number of hydrogen-bond acceptors (Lipinski definition) is 6. The molecule has 0 bridgehead atoms. The van der Waals surface area contributed by atoms with Crippen LogP contribution in [-0.2, 0) is 16.6 Å². The second kappa shape index (κ2) is 8.95. The monoisotopic (exact) mass is 458 g/mol. The molecule has 1 aliphatic heterocycles. The highest BCUT2D eigenvalue weighted by Gasteiger charge is 2.20. The Bertz CT molecular complexity index is 1290. The van der Waals surface area contributed by atoms with E-state index < -0.39 is 0 Å². The zero-order chi connectivity index (χ0) is 23.7. The molecule has 8 heteroatoms. The third-order valence-corrected chi connectivity index (χ3v) is 6.13. The van der Waals surface area contributed by atoms with E-state index in [2.05, 4.69) is 48.4 Å². The number of nitrogens with zero attached hydrogens (tertiary/aromatic N) is 4. The highest BCUT2D eigenvalue weighted by Crippen LogP contribution is 2.25. The van der Waals surface area contributed by atoms with Crippen LogP contribution in [-0.4, -0.2) is 46.8 Å². The molecule has 3 heterocycles. The van der Waals surface area contributed by atoms with Gasteiger partial charge in [0.05, 0.1) is 23.1 Å². The molecule has 0 aliphatic carbocycles. The van der Waals surface area contributed by atoms with Crippen LogP contribution in [0.4, 0.5) is 11.6 Å². The summed E-state index contributed by atoms with van der Waals surface area (Å²) < 4.78 is 7.33. The number of amides is 1. The third-order valence-electron chi connectivity index (χ3n) is 6.13. The molecular weight excluding hydrogens is 428 g/mol. The van der Waals surface area contributed by atoms with Gasteiger partial charge in [0.15, 0.2) is 0 Å². The average molecular weight is 459 g/mol. The minimum absolute atomic E-state index is 0.133. The molecule has 0 spiro atoms. The van der Waals surface area contributed by atoms with Gasteiger partial charge in [-0.15, -0.1) is 0 Å². The predicted molar refractivity (Wildman–Crippen MR) is 134 cm³/mol. The molecular formula is C26H30N6O2. The van der Waals surface area contributed by atoms with E-state index in [0.717, 1.165) is 54.2 Å². The Morgan fingerprint density at radius 2 is 1.79 bits per heavy atom. The number of piperazine rings is 1. The van der Waals surface area contributed by atoms with Crippen molar-refractivity contribution in [2.75, 3.05) is 36.4 Å². The van der Waals surface area contributed by atoms with E-state index in [1.54, 1.807) is 6.07 Å². The number of carbonyl (C=O) groups excluding carboxylic acids is 1. The Morgan fingerprint density at radius 1 is 1.06 bits per heavy atom. The SMILES string of the molecule is CC(C)(C)c1cc(NC(=O)Cc2ccc(-n3cnc4cc(N5CCNCC5)ccc43)cc2)on1. The minimum Gasteiger partial charge on any atom is -0.369 e. The van der Waals surface area contributed by atoms with Crippen LogP contribution in [0.2, 0.25) is 0 Å². The van der Waals surface area contributed by atoms with Gasteiger partial charge in [0, 0.05) is 49.0 Å². The predicted octanol–water partition coefficient (Wildman–Crippen LogP) is 3.90. The molecule has 34 heavy (non-hydrogen) atoms. The second-order valence-electron chi connectivity index (χ2n) is 9.74. The van der Waals surface area contributed by atoms with Gasteiger partial charge in [-0.05, 0) is 35.9 Å². The summed E-state index contributed by atoms with van der Waals surface area (Å²) in [4.78, 5) is 19.5. The Kier molecular flexibility index (Phi) is 5.83. The van der Waals surface area contributed by atoms with E-state index >= 15 is 0 Å². The van der Waals surface area contributed by atoms with Crippen molar-refractivity contribution in [1.82, 2.24) is 20.0 Å². The van der Waals surface area contributed by atoms with Gasteiger partial charge in [-0.3, -0.25) is 14.7 Å². The molecule has 0 unspecified atom stereocenters. The van der Waals surface area contributed by atoms with Crippen molar-refractivity contribution in [3.8, 4) is 5.69 Å². The van der Waals surface area contributed by atoms with Crippen LogP contribution in [0.15, 0.2) is 59.4 Å². The molecule has 4 aromatic rings. The lowest BCUT2D eigenvalue weighted by Gasteiger charge is -2.29. The maximum absolute atomic E-state index is 12.5. The summed E-state index contributed by atoms with van der Waals surface area (Å²) in [5, 5.41) is 10.2. The number of rotatable bonds is 5. The Labute approximate surface area is 198 Å². The number of benzene rings is 2. The van der Waals surface area contributed by atoms with Gasteiger partial charge >= 0.3 is 0 Å². The van der Waals surface area contributed by atoms with Crippen LogP contribution in [0.5, 0.6) is 0 Å². The summed E-state index contributed by atoms with van der Waals surface area (Å²) >= 11 is 0. The first-order valence-electron chi connectivity index (χ1n) is 11.7. The summed E-state index contributed by atoms with van der Waals surface area (Å²) in [7, 11) is 0. The van der Waals surface area contributed by atoms with Crippen LogP contribution in [0.3, 0.4) is 0 Å². The first kappa shape index (κ1) is 22.2. The Balaban J connectivity index is 1.26. The molecule has 0 atom stereocenters. The number of imidazole rings is 1. The lowest BCUT2D eigenvalue weighted by atomic mass is 9.92. The Hall–Kier alpha value is -3.65. The van der Waals surface area contributed by atoms with Crippen molar-refractivity contribution in [3.63, 3.8) is 0 Å². The van der Waals surface area contributed by atoms with E-state index in [0.29, 0.717) is 5.88 Å². The fourth-order valence-corrected chi connectivity index (χ4v) is 4.16. The molecule has 1 aliphatic rings.